The molecule has 0 aliphatic carbocycles. The summed E-state index contributed by atoms with van der Waals surface area (Å²) in [5.74, 6) is 0. The summed E-state index contributed by atoms with van der Waals surface area (Å²) < 4.78 is 0. The summed E-state index contributed by atoms with van der Waals surface area (Å²) in [4.78, 5) is 7.98. The summed E-state index contributed by atoms with van der Waals surface area (Å²) in [6.07, 6.45) is 3.47. The van der Waals surface area contributed by atoms with Gasteiger partial charge in [0.25, 0.3) is 0 Å². The van der Waals surface area contributed by atoms with Crippen molar-refractivity contribution in [2.75, 3.05) is 0 Å². The number of hydrogen-bond donors (Lipinski definition) is 0. The summed E-state index contributed by atoms with van der Waals surface area (Å²) in [5, 5.41) is 2.71. The highest BCUT2D eigenvalue weighted by molar-refractivity contribution is 6.28. The second kappa shape index (κ2) is 4.15. The molecule has 1 aromatic heterocycles. The molecule has 3 aromatic rings. The Kier molecular flexibility index (Phi) is 2.50. The third kappa shape index (κ3) is 1.99. The largest absolute Gasteiger partial charge is 0.226 e. The van der Waals surface area contributed by atoms with E-state index in [9.17, 15) is 0 Å². The van der Waals surface area contributed by atoms with E-state index in [4.69, 9.17) is 11.6 Å². The van der Waals surface area contributed by atoms with Crippen molar-refractivity contribution < 1.29 is 0 Å². The second-order valence-electron chi connectivity index (χ2n) is 3.80. The van der Waals surface area contributed by atoms with Gasteiger partial charge in [0.1, 0.15) is 0 Å². The Labute approximate surface area is 104 Å². The Balaban J connectivity index is 2.14. The molecule has 0 amide bonds. The van der Waals surface area contributed by atoms with Crippen molar-refractivity contribution in [1.29, 1.82) is 0 Å². The maximum Gasteiger partial charge on any atom is 0.222 e. The maximum atomic E-state index is 5.67. The van der Waals surface area contributed by atoms with Crippen LogP contribution in [-0.2, 0) is 0 Å². The van der Waals surface area contributed by atoms with Gasteiger partial charge in [0.15, 0.2) is 0 Å². The van der Waals surface area contributed by atoms with Gasteiger partial charge in [0.2, 0.25) is 5.28 Å². The van der Waals surface area contributed by atoms with Crippen molar-refractivity contribution >= 4 is 22.4 Å². The molecule has 3 rings (SSSR count). The molecule has 0 saturated heterocycles. The van der Waals surface area contributed by atoms with E-state index < -0.39 is 0 Å². The first-order valence-electron chi connectivity index (χ1n) is 5.30. The SMILES string of the molecule is Clc1ncc(-c2ccc3ccccc3c2)cn1. The summed E-state index contributed by atoms with van der Waals surface area (Å²) in [6, 6.07) is 14.5. The van der Waals surface area contributed by atoms with Gasteiger partial charge in [-0.2, -0.15) is 0 Å². The fourth-order valence-electron chi connectivity index (χ4n) is 1.83. The summed E-state index contributed by atoms with van der Waals surface area (Å²) >= 11 is 5.67. The lowest BCUT2D eigenvalue weighted by Gasteiger charge is -2.03. The first-order chi connectivity index (χ1) is 8.33. The van der Waals surface area contributed by atoms with E-state index >= 15 is 0 Å². The summed E-state index contributed by atoms with van der Waals surface area (Å²) in [7, 11) is 0. The highest BCUT2D eigenvalue weighted by Crippen LogP contribution is 2.23. The predicted molar refractivity (Wildman–Crippen MR) is 70.0 cm³/mol. The molecule has 0 saturated carbocycles. The molecule has 0 aliphatic rings. The van der Waals surface area contributed by atoms with Crippen LogP contribution in [0.25, 0.3) is 21.9 Å². The molecule has 17 heavy (non-hydrogen) atoms. The predicted octanol–water partition coefficient (Wildman–Crippen LogP) is 3.95. The van der Waals surface area contributed by atoms with E-state index in [0.29, 0.717) is 0 Å². The minimum Gasteiger partial charge on any atom is -0.226 e. The number of halogens is 1. The van der Waals surface area contributed by atoms with Gasteiger partial charge >= 0.3 is 0 Å². The molecular weight excluding hydrogens is 232 g/mol. The van der Waals surface area contributed by atoms with Crippen LogP contribution >= 0.6 is 11.6 Å². The number of rotatable bonds is 1. The molecule has 3 heteroatoms. The smallest absolute Gasteiger partial charge is 0.222 e. The van der Waals surface area contributed by atoms with Crippen LogP contribution in [0.5, 0.6) is 0 Å². The van der Waals surface area contributed by atoms with Gasteiger partial charge in [-0.05, 0) is 34.0 Å². The van der Waals surface area contributed by atoms with E-state index in [0.717, 1.165) is 11.1 Å². The van der Waals surface area contributed by atoms with Gasteiger partial charge in [-0.1, -0.05) is 36.4 Å². The van der Waals surface area contributed by atoms with Crippen LogP contribution in [0, 0.1) is 0 Å². The van der Waals surface area contributed by atoms with Crippen molar-refractivity contribution in [1.82, 2.24) is 9.97 Å². The zero-order valence-corrected chi connectivity index (χ0v) is 9.72. The van der Waals surface area contributed by atoms with Crippen molar-refractivity contribution in [2.45, 2.75) is 0 Å². The lowest BCUT2D eigenvalue weighted by Crippen LogP contribution is -1.84. The van der Waals surface area contributed by atoms with E-state index in [1.165, 1.54) is 10.8 Å². The van der Waals surface area contributed by atoms with Crippen molar-refractivity contribution in [3.63, 3.8) is 0 Å². The van der Waals surface area contributed by atoms with Crippen LogP contribution in [0.3, 0.4) is 0 Å². The van der Waals surface area contributed by atoms with Crippen LogP contribution in [0.1, 0.15) is 0 Å². The molecular formula is C14H9ClN2. The number of aromatic nitrogens is 2. The van der Waals surface area contributed by atoms with Gasteiger partial charge < -0.3 is 0 Å². The monoisotopic (exact) mass is 240 g/mol. The summed E-state index contributed by atoms with van der Waals surface area (Å²) in [5.41, 5.74) is 2.07. The highest BCUT2D eigenvalue weighted by atomic mass is 35.5. The van der Waals surface area contributed by atoms with Crippen molar-refractivity contribution in [3.8, 4) is 11.1 Å². The zero-order chi connectivity index (χ0) is 11.7. The standard InChI is InChI=1S/C14H9ClN2/c15-14-16-8-13(9-17-14)12-6-5-10-3-1-2-4-11(10)7-12/h1-9H. The fraction of sp³-hybridized carbons (Fsp3) is 0. The molecule has 1 heterocycles. The normalized spacial score (nSPS) is 10.6. The number of fused-ring (bicyclic) bond motifs is 1. The number of nitrogens with zero attached hydrogens (tertiary/aromatic N) is 2. The van der Waals surface area contributed by atoms with E-state index in [1.54, 1.807) is 12.4 Å². The Morgan fingerprint density at radius 3 is 2.24 bits per heavy atom. The first-order valence-corrected chi connectivity index (χ1v) is 5.67. The average molecular weight is 241 g/mol. The van der Waals surface area contributed by atoms with E-state index in [1.807, 2.05) is 12.1 Å². The average Bonchev–Trinajstić information content (AvgIpc) is 2.39. The second-order valence-corrected chi connectivity index (χ2v) is 4.14. The number of benzene rings is 2. The molecule has 0 aliphatic heterocycles. The third-order valence-electron chi connectivity index (χ3n) is 2.70. The molecule has 0 bridgehead atoms. The highest BCUT2D eigenvalue weighted by Gasteiger charge is 2.00. The lowest BCUT2D eigenvalue weighted by atomic mass is 10.0. The van der Waals surface area contributed by atoms with E-state index in [-0.39, 0.29) is 5.28 Å². The molecule has 0 spiro atoms. The van der Waals surface area contributed by atoms with Crippen molar-refractivity contribution in [2.24, 2.45) is 0 Å². The minimum absolute atomic E-state index is 0.273. The molecule has 82 valence electrons. The third-order valence-corrected chi connectivity index (χ3v) is 2.90. The molecule has 2 aromatic carbocycles. The van der Waals surface area contributed by atoms with Crippen LogP contribution in [0.15, 0.2) is 54.9 Å². The van der Waals surface area contributed by atoms with Gasteiger partial charge in [-0.15, -0.1) is 0 Å². The molecule has 0 unspecified atom stereocenters. The molecule has 0 radical (unpaired) electrons. The van der Waals surface area contributed by atoms with Crippen LogP contribution in [-0.4, -0.2) is 9.97 Å². The van der Waals surface area contributed by atoms with Gasteiger partial charge in [0.05, 0.1) is 0 Å². The minimum atomic E-state index is 0.273. The Morgan fingerprint density at radius 1 is 0.765 bits per heavy atom. The van der Waals surface area contributed by atoms with Crippen LogP contribution in [0.4, 0.5) is 0 Å². The van der Waals surface area contributed by atoms with Gasteiger partial charge in [0, 0.05) is 18.0 Å². The van der Waals surface area contributed by atoms with Crippen molar-refractivity contribution in [3.05, 3.63) is 60.1 Å². The lowest BCUT2D eigenvalue weighted by molar-refractivity contribution is 1.17. The molecule has 0 atom stereocenters. The Morgan fingerprint density at radius 2 is 1.47 bits per heavy atom. The first kappa shape index (κ1) is 10.2. The van der Waals surface area contributed by atoms with E-state index in [2.05, 4.69) is 40.3 Å². The topological polar surface area (TPSA) is 25.8 Å². The number of hydrogen-bond acceptors (Lipinski definition) is 2. The van der Waals surface area contributed by atoms with Gasteiger partial charge in [-0.3, -0.25) is 0 Å². The Bertz CT molecular complexity index is 662. The Hall–Kier alpha value is -1.93. The quantitative estimate of drug-likeness (QED) is 0.602. The van der Waals surface area contributed by atoms with Crippen LogP contribution < -0.4 is 0 Å². The fourth-order valence-corrected chi connectivity index (χ4v) is 1.93. The van der Waals surface area contributed by atoms with Crippen LogP contribution in [0.2, 0.25) is 5.28 Å². The molecule has 0 fully saturated rings. The maximum absolute atomic E-state index is 5.67. The molecule has 2 nitrogen and oxygen atoms in total. The van der Waals surface area contributed by atoms with Gasteiger partial charge in [-0.25, -0.2) is 9.97 Å². The molecule has 0 N–H and O–H groups in total. The summed E-state index contributed by atoms with van der Waals surface area (Å²) in [6.45, 7) is 0. The zero-order valence-electron chi connectivity index (χ0n) is 8.97.